The Morgan fingerprint density at radius 3 is 2.57 bits per heavy atom. The third-order valence-electron chi connectivity index (χ3n) is 5.21. The molecule has 1 N–H and O–H groups in total. The highest BCUT2D eigenvalue weighted by atomic mass is 19.1. The summed E-state index contributed by atoms with van der Waals surface area (Å²) in [6.07, 6.45) is 4.44. The van der Waals surface area contributed by atoms with Gasteiger partial charge in [-0.05, 0) is 56.4 Å². The molecule has 0 saturated heterocycles. The molecule has 1 aromatic rings. The zero-order valence-electron chi connectivity index (χ0n) is 13.3. The van der Waals surface area contributed by atoms with Gasteiger partial charge in [-0.3, -0.25) is 9.59 Å². The maximum absolute atomic E-state index is 13.5. The van der Waals surface area contributed by atoms with Crippen molar-refractivity contribution in [3.8, 4) is 0 Å². The average Bonchev–Trinajstić information content (AvgIpc) is 2.54. The topological polar surface area (TPSA) is 57.6 Å². The van der Waals surface area contributed by atoms with Crippen LogP contribution in [0.25, 0.3) is 0 Å². The third-order valence-corrected chi connectivity index (χ3v) is 5.21. The van der Waals surface area contributed by atoms with E-state index in [0.717, 1.165) is 36.9 Å². The molecule has 1 fully saturated rings. The van der Waals surface area contributed by atoms with Gasteiger partial charge in [-0.2, -0.15) is 0 Å². The predicted octanol–water partition coefficient (Wildman–Crippen LogP) is 3.38. The van der Waals surface area contributed by atoms with E-state index in [1.807, 2.05) is 6.92 Å². The second kappa shape index (κ2) is 6.30. The number of carbonyl (C=O) groups is 2. The van der Waals surface area contributed by atoms with Gasteiger partial charge in [0.2, 0.25) is 5.91 Å². The standard InChI is InChI=1S/C18H22FNO3/c1-11-6-7-12-10-13(19)8-9-16(12)20(11)17(21)14-4-2-3-5-15(14)18(22)23/h8-11,14-15H,2-7H2,1H3,(H,22,23). The first-order chi connectivity index (χ1) is 11.0. The van der Waals surface area contributed by atoms with Crippen LogP contribution in [0.1, 0.15) is 44.6 Å². The minimum atomic E-state index is -0.882. The lowest BCUT2D eigenvalue weighted by atomic mass is 9.77. The van der Waals surface area contributed by atoms with Crippen molar-refractivity contribution in [3.63, 3.8) is 0 Å². The number of aliphatic carboxylic acids is 1. The number of carboxylic acids is 1. The number of fused-ring (bicyclic) bond motifs is 1. The monoisotopic (exact) mass is 319 g/mol. The highest BCUT2D eigenvalue weighted by molar-refractivity contribution is 5.98. The summed E-state index contributed by atoms with van der Waals surface area (Å²) in [4.78, 5) is 26.3. The van der Waals surface area contributed by atoms with Gasteiger partial charge in [0.05, 0.1) is 11.8 Å². The van der Waals surface area contributed by atoms with Crippen LogP contribution in [-0.4, -0.2) is 23.0 Å². The SMILES string of the molecule is CC1CCc2cc(F)ccc2N1C(=O)C1CCCCC1C(=O)O. The van der Waals surface area contributed by atoms with Gasteiger partial charge in [0, 0.05) is 11.7 Å². The van der Waals surface area contributed by atoms with Gasteiger partial charge in [0.15, 0.2) is 0 Å². The molecular weight excluding hydrogens is 297 g/mol. The van der Waals surface area contributed by atoms with E-state index in [4.69, 9.17) is 0 Å². The summed E-state index contributed by atoms with van der Waals surface area (Å²) in [5, 5.41) is 9.43. The number of amides is 1. The van der Waals surface area contributed by atoms with Crippen LogP contribution < -0.4 is 4.90 Å². The molecular formula is C18H22FNO3. The molecule has 1 saturated carbocycles. The molecule has 5 heteroatoms. The van der Waals surface area contributed by atoms with E-state index in [1.165, 1.54) is 12.1 Å². The third kappa shape index (κ3) is 2.96. The molecule has 1 aliphatic carbocycles. The number of nitrogens with zero attached hydrogens (tertiary/aromatic N) is 1. The highest BCUT2D eigenvalue weighted by Gasteiger charge is 2.40. The molecule has 3 atom stereocenters. The molecule has 124 valence electrons. The summed E-state index contributed by atoms with van der Waals surface area (Å²) < 4.78 is 13.5. The molecule has 0 radical (unpaired) electrons. The fourth-order valence-corrected chi connectivity index (χ4v) is 3.96. The van der Waals surface area contributed by atoms with Crippen LogP contribution in [0.3, 0.4) is 0 Å². The maximum atomic E-state index is 13.5. The lowest BCUT2D eigenvalue weighted by Crippen LogP contribution is -2.48. The Kier molecular flexibility index (Phi) is 4.37. The first-order valence-corrected chi connectivity index (χ1v) is 8.33. The van der Waals surface area contributed by atoms with Crippen LogP contribution in [0, 0.1) is 17.7 Å². The Labute approximate surface area is 135 Å². The molecule has 3 rings (SSSR count). The van der Waals surface area contributed by atoms with Crippen LogP contribution >= 0.6 is 0 Å². The minimum Gasteiger partial charge on any atom is -0.481 e. The Morgan fingerprint density at radius 2 is 1.87 bits per heavy atom. The molecule has 0 bridgehead atoms. The van der Waals surface area contributed by atoms with Crippen LogP contribution in [0.5, 0.6) is 0 Å². The van der Waals surface area contributed by atoms with Crippen LogP contribution in [0.15, 0.2) is 18.2 Å². The molecule has 1 heterocycles. The van der Waals surface area contributed by atoms with Crippen molar-refractivity contribution >= 4 is 17.6 Å². The summed E-state index contributed by atoms with van der Waals surface area (Å²) in [6.45, 7) is 1.97. The van der Waals surface area contributed by atoms with Crippen molar-refractivity contribution in [2.75, 3.05) is 4.90 Å². The molecule has 1 aromatic carbocycles. The molecule has 0 aromatic heterocycles. The van der Waals surface area contributed by atoms with Gasteiger partial charge in [-0.25, -0.2) is 4.39 Å². The van der Waals surface area contributed by atoms with Crippen LogP contribution in [0.2, 0.25) is 0 Å². The minimum absolute atomic E-state index is 0.0110. The largest absolute Gasteiger partial charge is 0.481 e. The number of hydrogen-bond donors (Lipinski definition) is 1. The Balaban J connectivity index is 1.93. The van der Waals surface area contributed by atoms with Crippen molar-refractivity contribution in [3.05, 3.63) is 29.6 Å². The van der Waals surface area contributed by atoms with E-state index >= 15 is 0 Å². The highest BCUT2D eigenvalue weighted by Crippen LogP contribution is 2.37. The molecule has 0 spiro atoms. The molecule has 2 aliphatic rings. The van der Waals surface area contributed by atoms with E-state index < -0.39 is 17.8 Å². The van der Waals surface area contributed by atoms with Crippen molar-refractivity contribution < 1.29 is 19.1 Å². The van der Waals surface area contributed by atoms with Gasteiger partial charge in [0.25, 0.3) is 0 Å². The fourth-order valence-electron chi connectivity index (χ4n) is 3.96. The van der Waals surface area contributed by atoms with Crippen molar-refractivity contribution in [1.82, 2.24) is 0 Å². The Morgan fingerprint density at radius 1 is 1.17 bits per heavy atom. The summed E-state index contributed by atoms with van der Waals surface area (Å²) in [7, 11) is 0. The summed E-state index contributed by atoms with van der Waals surface area (Å²) >= 11 is 0. The lowest BCUT2D eigenvalue weighted by molar-refractivity contribution is -0.148. The molecule has 1 amide bonds. The summed E-state index contributed by atoms with van der Waals surface area (Å²) in [5.74, 6) is -2.37. The quantitative estimate of drug-likeness (QED) is 0.909. The zero-order chi connectivity index (χ0) is 16.6. The number of rotatable bonds is 2. The number of anilines is 1. The van der Waals surface area contributed by atoms with Crippen LogP contribution in [-0.2, 0) is 16.0 Å². The number of carboxylic acid groups (broad SMARTS) is 1. The lowest BCUT2D eigenvalue weighted by Gasteiger charge is -2.39. The summed E-state index contributed by atoms with van der Waals surface area (Å²) in [5.41, 5.74) is 1.57. The first-order valence-electron chi connectivity index (χ1n) is 8.33. The smallest absolute Gasteiger partial charge is 0.307 e. The molecule has 4 nitrogen and oxygen atoms in total. The van der Waals surface area contributed by atoms with Gasteiger partial charge in [-0.15, -0.1) is 0 Å². The summed E-state index contributed by atoms with van der Waals surface area (Å²) in [6, 6.07) is 4.51. The van der Waals surface area contributed by atoms with Gasteiger partial charge >= 0.3 is 5.97 Å². The molecule has 3 unspecified atom stereocenters. The van der Waals surface area contributed by atoms with E-state index in [-0.39, 0.29) is 17.8 Å². The average molecular weight is 319 g/mol. The Bertz CT molecular complexity index is 631. The fraction of sp³-hybridized carbons (Fsp3) is 0.556. The van der Waals surface area contributed by atoms with E-state index in [2.05, 4.69) is 0 Å². The molecule has 1 aliphatic heterocycles. The predicted molar refractivity (Wildman–Crippen MR) is 84.8 cm³/mol. The number of carbonyl (C=O) groups excluding carboxylic acids is 1. The van der Waals surface area contributed by atoms with Gasteiger partial charge in [-0.1, -0.05) is 12.8 Å². The zero-order valence-corrected chi connectivity index (χ0v) is 13.3. The van der Waals surface area contributed by atoms with E-state index in [1.54, 1.807) is 11.0 Å². The number of benzene rings is 1. The van der Waals surface area contributed by atoms with Crippen molar-refractivity contribution in [2.24, 2.45) is 11.8 Å². The molecule has 23 heavy (non-hydrogen) atoms. The second-order valence-electron chi connectivity index (χ2n) is 6.70. The van der Waals surface area contributed by atoms with E-state index in [9.17, 15) is 19.1 Å². The van der Waals surface area contributed by atoms with Crippen molar-refractivity contribution in [2.45, 2.75) is 51.5 Å². The van der Waals surface area contributed by atoms with Crippen LogP contribution in [0.4, 0.5) is 10.1 Å². The number of hydrogen-bond acceptors (Lipinski definition) is 2. The first kappa shape index (κ1) is 16.0. The second-order valence-corrected chi connectivity index (χ2v) is 6.70. The number of halogens is 1. The Hall–Kier alpha value is -1.91. The number of aryl methyl sites for hydroxylation is 1. The van der Waals surface area contributed by atoms with Gasteiger partial charge < -0.3 is 10.0 Å². The maximum Gasteiger partial charge on any atom is 0.307 e. The van der Waals surface area contributed by atoms with E-state index in [0.29, 0.717) is 12.8 Å². The van der Waals surface area contributed by atoms with Crippen molar-refractivity contribution in [1.29, 1.82) is 0 Å². The van der Waals surface area contributed by atoms with Gasteiger partial charge in [0.1, 0.15) is 5.82 Å². The normalized spacial score (nSPS) is 27.4.